The lowest BCUT2D eigenvalue weighted by Gasteiger charge is -2.04. The van der Waals surface area contributed by atoms with E-state index < -0.39 is 0 Å². The van der Waals surface area contributed by atoms with Gasteiger partial charge in [0.1, 0.15) is 11.5 Å². The molecule has 0 aliphatic rings. The van der Waals surface area contributed by atoms with Gasteiger partial charge in [0.15, 0.2) is 0 Å². The molecule has 19 heavy (non-hydrogen) atoms. The van der Waals surface area contributed by atoms with Crippen molar-refractivity contribution in [2.45, 2.75) is 26.7 Å². The van der Waals surface area contributed by atoms with Crippen molar-refractivity contribution < 1.29 is 9.53 Å². The largest absolute Gasteiger partial charge is 0.495 e. The lowest BCUT2D eigenvalue weighted by molar-refractivity contribution is -0.116. The van der Waals surface area contributed by atoms with E-state index in [4.69, 9.17) is 16.3 Å². The Labute approximate surface area is 118 Å². The van der Waals surface area contributed by atoms with Crippen LogP contribution in [0.5, 0.6) is 5.75 Å². The highest BCUT2D eigenvalue weighted by molar-refractivity contribution is 6.32. The van der Waals surface area contributed by atoms with Crippen LogP contribution in [0, 0.1) is 6.92 Å². The zero-order chi connectivity index (χ0) is 14.2. The number of carbonyl (C=O) groups is 1. The predicted octanol–water partition coefficient (Wildman–Crippen LogP) is 3.67. The molecule has 2 rings (SSSR count). The average Bonchev–Trinajstić information content (AvgIpc) is 2.59. The van der Waals surface area contributed by atoms with Crippen molar-refractivity contribution in [3.05, 3.63) is 28.4 Å². The van der Waals surface area contributed by atoms with Gasteiger partial charge in [0.05, 0.1) is 12.1 Å². The number of ether oxygens (including phenoxy) is 1. The second kappa shape index (κ2) is 5.25. The lowest BCUT2D eigenvalue weighted by atomic mass is 10.0. The fourth-order valence-electron chi connectivity index (χ4n) is 2.41. The molecule has 0 bridgehead atoms. The number of nitrogens with zero attached hydrogens (tertiary/aromatic N) is 1. The van der Waals surface area contributed by atoms with Gasteiger partial charge in [0.25, 0.3) is 0 Å². The number of hydrogen-bond donors (Lipinski definition) is 0. The summed E-state index contributed by atoms with van der Waals surface area (Å²) >= 11 is 6.17. The molecule has 2 aromatic rings. The standard InChI is InChI=1S/C15H18ClNO2/c1-9(18)5-6-11-10(2)17(3)14-8-13(16)15(19-4)7-12(11)14/h7-8H,5-6H2,1-4H3. The predicted molar refractivity (Wildman–Crippen MR) is 78.2 cm³/mol. The Morgan fingerprint density at radius 3 is 2.68 bits per heavy atom. The van der Waals surface area contributed by atoms with Crippen LogP contribution < -0.4 is 4.74 Å². The van der Waals surface area contributed by atoms with Gasteiger partial charge in [-0.2, -0.15) is 0 Å². The molecular weight excluding hydrogens is 262 g/mol. The summed E-state index contributed by atoms with van der Waals surface area (Å²) in [6, 6.07) is 3.88. The monoisotopic (exact) mass is 279 g/mol. The van der Waals surface area contributed by atoms with E-state index in [0.29, 0.717) is 17.2 Å². The van der Waals surface area contributed by atoms with Gasteiger partial charge in [-0.15, -0.1) is 0 Å². The molecule has 0 aliphatic carbocycles. The number of aromatic nitrogens is 1. The number of hydrogen-bond acceptors (Lipinski definition) is 2. The first-order chi connectivity index (χ1) is 8.95. The van der Waals surface area contributed by atoms with Crippen molar-refractivity contribution in [3.63, 3.8) is 0 Å². The number of benzene rings is 1. The Bertz CT molecular complexity index is 643. The molecular formula is C15H18ClNO2. The van der Waals surface area contributed by atoms with Gasteiger partial charge in [0.2, 0.25) is 0 Å². The molecule has 0 spiro atoms. The normalized spacial score (nSPS) is 11.0. The Hall–Kier alpha value is -1.48. The van der Waals surface area contributed by atoms with E-state index in [9.17, 15) is 4.79 Å². The van der Waals surface area contributed by atoms with Crippen LogP contribution in [0.15, 0.2) is 12.1 Å². The van der Waals surface area contributed by atoms with Crippen molar-refractivity contribution in [1.82, 2.24) is 4.57 Å². The first-order valence-electron chi connectivity index (χ1n) is 6.26. The van der Waals surface area contributed by atoms with E-state index in [-0.39, 0.29) is 5.78 Å². The molecule has 4 heteroatoms. The molecule has 0 saturated heterocycles. The second-order valence-corrected chi connectivity index (χ2v) is 5.24. The third-order valence-corrected chi connectivity index (χ3v) is 3.92. The van der Waals surface area contributed by atoms with Crippen molar-refractivity contribution in [3.8, 4) is 5.75 Å². The minimum Gasteiger partial charge on any atom is -0.495 e. The van der Waals surface area contributed by atoms with Crippen molar-refractivity contribution >= 4 is 28.3 Å². The van der Waals surface area contributed by atoms with Gasteiger partial charge in [-0.05, 0) is 38.0 Å². The third kappa shape index (κ3) is 2.47. The highest BCUT2D eigenvalue weighted by atomic mass is 35.5. The van der Waals surface area contributed by atoms with Crippen molar-refractivity contribution in [2.75, 3.05) is 7.11 Å². The molecule has 102 valence electrons. The van der Waals surface area contributed by atoms with E-state index in [1.54, 1.807) is 14.0 Å². The van der Waals surface area contributed by atoms with Gasteiger partial charge < -0.3 is 14.1 Å². The summed E-state index contributed by atoms with van der Waals surface area (Å²) in [4.78, 5) is 11.2. The minimum atomic E-state index is 0.206. The lowest BCUT2D eigenvalue weighted by Crippen LogP contribution is -1.96. The van der Waals surface area contributed by atoms with Crippen LogP contribution in [0.4, 0.5) is 0 Å². The van der Waals surface area contributed by atoms with Gasteiger partial charge in [-0.1, -0.05) is 11.6 Å². The average molecular weight is 280 g/mol. The summed E-state index contributed by atoms with van der Waals surface area (Å²) < 4.78 is 7.38. The molecule has 0 radical (unpaired) electrons. The zero-order valence-corrected chi connectivity index (χ0v) is 12.5. The topological polar surface area (TPSA) is 31.2 Å². The maximum Gasteiger partial charge on any atom is 0.138 e. The van der Waals surface area contributed by atoms with E-state index in [2.05, 4.69) is 11.5 Å². The van der Waals surface area contributed by atoms with Gasteiger partial charge >= 0.3 is 0 Å². The van der Waals surface area contributed by atoms with Crippen molar-refractivity contribution in [2.24, 2.45) is 7.05 Å². The molecule has 1 aromatic heterocycles. The van der Waals surface area contributed by atoms with Crippen LogP contribution in [0.25, 0.3) is 10.9 Å². The van der Waals surface area contributed by atoms with Gasteiger partial charge in [-0.3, -0.25) is 0 Å². The zero-order valence-electron chi connectivity index (χ0n) is 11.7. The summed E-state index contributed by atoms with van der Waals surface area (Å²) in [5, 5.41) is 1.72. The molecule has 0 amide bonds. The van der Waals surface area contributed by atoms with Crippen LogP contribution in [-0.4, -0.2) is 17.5 Å². The molecule has 1 aromatic carbocycles. The number of fused-ring (bicyclic) bond motifs is 1. The first-order valence-corrected chi connectivity index (χ1v) is 6.64. The van der Waals surface area contributed by atoms with Gasteiger partial charge in [0, 0.05) is 30.1 Å². The van der Waals surface area contributed by atoms with E-state index in [1.807, 2.05) is 19.2 Å². The Morgan fingerprint density at radius 1 is 1.42 bits per heavy atom. The van der Waals surface area contributed by atoms with E-state index in [0.717, 1.165) is 17.3 Å². The summed E-state index contributed by atoms with van der Waals surface area (Å²) in [6.45, 7) is 3.69. The van der Waals surface area contributed by atoms with Crippen LogP contribution in [0.3, 0.4) is 0 Å². The number of carbonyl (C=O) groups excluding carboxylic acids is 1. The summed E-state index contributed by atoms with van der Waals surface area (Å²) in [6.07, 6.45) is 1.31. The van der Waals surface area contributed by atoms with Crippen LogP contribution in [0.2, 0.25) is 5.02 Å². The highest BCUT2D eigenvalue weighted by Crippen LogP contribution is 2.34. The summed E-state index contributed by atoms with van der Waals surface area (Å²) in [5.41, 5.74) is 3.44. The van der Waals surface area contributed by atoms with Crippen molar-refractivity contribution in [1.29, 1.82) is 0 Å². The maximum absolute atomic E-state index is 11.2. The van der Waals surface area contributed by atoms with Gasteiger partial charge in [-0.25, -0.2) is 0 Å². The molecule has 0 fully saturated rings. The summed E-state index contributed by atoms with van der Waals surface area (Å²) in [7, 11) is 3.62. The number of aryl methyl sites for hydroxylation is 2. The number of Topliss-reactive ketones (excluding diaryl/α,β-unsaturated/α-hetero) is 1. The molecule has 0 N–H and O–H groups in total. The van der Waals surface area contributed by atoms with E-state index >= 15 is 0 Å². The Kier molecular flexibility index (Phi) is 3.85. The van der Waals surface area contributed by atoms with Crippen LogP contribution >= 0.6 is 11.6 Å². The third-order valence-electron chi connectivity index (χ3n) is 3.62. The minimum absolute atomic E-state index is 0.206. The smallest absolute Gasteiger partial charge is 0.138 e. The number of halogens is 1. The quantitative estimate of drug-likeness (QED) is 0.855. The maximum atomic E-state index is 11.2. The number of ketones is 1. The second-order valence-electron chi connectivity index (χ2n) is 4.83. The Morgan fingerprint density at radius 2 is 2.11 bits per heavy atom. The number of methoxy groups -OCH3 is 1. The van der Waals surface area contributed by atoms with E-state index in [1.165, 1.54) is 11.3 Å². The van der Waals surface area contributed by atoms with Crippen LogP contribution in [0.1, 0.15) is 24.6 Å². The first kappa shape index (κ1) is 13.9. The SMILES string of the molecule is COc1cc2c(CCC(C)=O)c(C)n(C)c2cc1Cl. The molecule has 1 heterocycles. The molecule has 0 saturated carbocycles. The number of rotatable bonds is 4. The highest BCUT2D eigenvalue weighted by Gasteiger charge is 2.15. The summed E-state index contributed by atoms with van der Waals surface area (Å²) in [5.74, 6) is 0.876. The van der Waals surface area contributed by atoms with Crippen LogP contribution in [-0.2, 0) is 18.3 Å². The molecule has 0 unspecified atom stereocenters. The molecule has 0 aliphatic heterocycles. The fourth-order valence-corrected chi connectivity index (χ4v) is 2.65. The Balaban J connectivity index is 2.61. The molecule has 0 atom stereocenters. The molecule has 3 nitrogen and oxygen atoms in total. The fraction of sp³-hybridized carbons (Fsp3) is 0.400.